The maximum absolute atomic E-state index is 12.5. The number of thiophene rings is 1. The van der Waals surface area contributed by atoms with Gasteiger partial charge < -0.3 is 15.0 Å². The van der Waals surface area contributed by atoms with Gasteiger partial charge in [0.05, 0.1) is 25.6 Å². The van der Waals surface area contributed by atoms with Crippen molar-refractivity contribution in [3.63, 3.8) is 0 Å². The zero-order valence-electron chi connectivity index (χ0n) is 15.6. The predicted octanol–water partition coefficient (Wildman–Crippen LogP) is 2.93. The fourth-order valence-electron chi connectivity index (χ4n) is 3.14. The topological polar surface area (TPSA) is 75.7 Å². The average molecular weight is 386 g/mol. The van der Waals surface area contributed by atoms with Crippen LogP contribution in [0.5, 0.6) is 0 Å². The Morgan fingerprint density at radius 3 is 2.56 bits per heavy atom. The second-order valence-corrected chi connectivity index (χ2v) is 7.71. The van der Waals surface area contributed by atoms with Gasteiger partial charge in [0.2, 0.25) is 11.8 Å². The Hall–Kier alpha value is -2.67. The number of amides is 2. The minimum atomic E-state index is -0.464. The molecule has 0 aliphatic carbocycles. The SMILES string of the molecule is COC(=O)c1c(NC(=O)Cc2ccc(C)cc2)sc2c1CCN(C(C)=O)C2. The number of hydrogen-bond donors (Lipinski definition) is 1. The van der Waals surface area contributed by atoms with Crippen LogP contribution in [0, 0.1) is 6.92 Å². The first-order chi connectivity index (χ1) is 12.9. The summed E-state index contributed by atoms with van der Waals surface area (Å²) >= 11 is 1.34. The quantitative estimate of drug-likeness (QED) is 0.820. The average Bonchev–Trinajstić information content (AvgIpc) is 2.99. The number of ether oxygens (including phenoxy) is 1. The third kappa shape index (κ3) is 4.19. The Bertz CT molecular complexity index is 886. The highest BCUT2D eigenvalue weighted by Gasteiger charge is 2.30. The maximum atomic E-state index is 12.5. The van der Waals surface area contributed by atoms with Gasteiger partial charge in [0.1, 0.15) is 5.00 Å². The van der Waals surface area contributed by atoms with Crippen molar-refractivity contribution in [3.8, 4) is 0 Å². The number of benzene rings is 1. The van der Waals surface area contributed by atoms with Crippen LogP contribution >= 0.6 is 11.3 Å². The van der Waals surface area contributed by atoms with Crippen LogP contribution in [-0.2, 0) is 33.7 Å². The van der Waals surface area contributed by atoms with Crippen LogP contribution in [0.15, 0.2) is 24.3 Å². The van der Waals surface area contributed by atoms with E-state index in [0.29, 0.717) is 30.1 Å². The molecule has 1 aromatic carbocycles. The van der Waals surface area contributed by atoms with Crippen molar-refractivity contribution in [2.45, 2.75) is 33.2 Å². The predicted molar refractivity (Wildman–Crippen MR) is 104 cm³/mol. The van der Waals surface area contributed by atoms with E-state index < -0.39 is 5.97 Å². The molecule has 1 aromatic heterocycles. The Kier molecular flexibility index (Phi) is 5.60. The normalized spacial score (nSPS) is 13.1. The zero-order valence-corrected chi connectivity index (χ0v) is 16.4. The Labute approximate surface area is 162 Å². The van der Waals surface area contributed by atoms with Crippen LogP contribution in [0.2, 0.25) is 0 Å². The van der Waals surface area contributed by atoms with Crippen molar-refractivity contribution in [2.24, 2.45) is 0 Å². The van der Waals surface area contributed by atoms with Crippen molar-refractivity contribution >= 4 is 34.1 Å². The van der Waals surface area contributed by atoms with E-state index in [1.165, 1.54) is 25.4 Å². The first-order valence-corrected chi connectivity index (χ1v) is 9.54. The summed E-state index contributed by atoms with van der Waals surface area (Å²) in [4.78, 5) is 39.1. The summed E-state index contributed by atoms with van der Waals surface area (Å²) in [6.45, 7) is 4.53. The fourth-order valence-corrected chi connectivity index (χ4v) is 4.41. The largest absolute Gasteiger partial charge is 0.465 e. The van der Waals surface area contributed by atoms with Crippen LogP contribution in [0.1, 0.15) is 38.8 Å². The Morgan fingerprint density at radius 2 is 1.93 bits per heavy atom. The number of nitrogens with zero attached hydrogens (tertiary/aromatic N) is 1. The lowest BCUT2D eigenvalue weighted by Gasteiger charge is -2.25. The first-order valence-electron chi connectivity index (χ1n) is 8.72. The number of rotatable bonds is 4. The number of hydrogen-bond acceptors (Lipinski definition) is 5. The molecule has 0 saturated heterocycles. The summed E-state index contributed by atoms with van der Waals surface area (Å²) in [5, 5.41) is 3.36. The highest BCUT2D eigenvalue weighted by molar-refractivity contribution is 7.17. The highest BCUT2D eigenvalue weighted by atomic mass is 32.1. The molecule has 2 heterocycles. The van der Waals surface area contributed by atoms with Crippen LogP contribution in [0.3, 0.4) is 0 Å². The van der Waals surface area contributed by atoms with Gasteiger partial charge in [-0.1, -0.05) is 29.8 Å². The number of methoxy groups -OCH3 is 1. The summed E-state index contributed by atoms with van der Waals surface area (Å²) in [6, 6.07) is 7.76. The summed E-state index contributed by atoms with van der Waals surface area (Å²) < 4.78 is 4.92. The van der Waals surface area contributed by atoms with Gasteiger partial charge >= 0.3 is 5.97 Å². The molecule has 7 heteroatoms. The molecular weight excluding hydrogens is 364 g/mol. The molecule has 3 rings (SSSR count). The summed E-state index contributed by atoms with van der Waals surface area (Å²) in [5.74, 6) is -0.654. The minimum Gasteiger partial charge on any atom is -0.465 e. The number of carbonyl (C=O) groups excluding carboxylic acids is 3. The van der Waals surface area contributed by atoms with Crippen molar-refractivity contribution in [2.75, 3.05) is 19.0 Å². The molecule has 142 valence electrons. The van der Waals surface area contributed by atoms with E-state index in [1.54, 1.807) is 4.90 Å². The second-order valence-electron chi connectivity index (χ2n) is 6.60. The van der Waals surface area contributed by atoms with E-state index in [0.717, 1.165) is 21.6 Å². The number of anilines is 1. The van der Waals surface area contributed by atoms with Gasteiger partial charge in [0, 0.05) is 18.3 Å². The molecule has 1 N–H and O–H groups in total. The van der Waals surface area contributed by atoms with Gasteiger partial charge in [-0.3, -0.25) is 9.59 Å². The molecular formula is C20H22N2O4S. The number of nitrogens with one attached hydrogen (secondary N) is 1. The van der Waals surface area contributed by atoms with E-state index in [2.05, 4.69) is 5.32 Å². The summed E-state index contributed by atoms with van der Waals surface area (Å²) in [7, 11) is 1.33. The van der Waals surface area contributed by atoms with Crippen LogP contribution < -0.4 is 5.32 Å². The molecule has 0 unspecified atom stereocenters. The van der Waals surface area contributed by atoms with E-state index in [4.69, 9.17) is 4.74 Å². The van der Waals surface area contributed by atoms with Gasteiger partial charge in [0.25, 0.3) is 0 Å². The monoisotopic (exact) mass is 386 g/mol. The van der Waals surface area contributed by atoms with Crippen LogP contribution in [-0.4, -0.2) is 36.3 Å². The van der Waals surface area contributed by atoms with Crippen LogP contribution in [0.4, 0.5) is 5.00 Å². The lowest BCUT2D eigenvalue weighted by molar-refractivity contribution is -0.129. The maximum Gasteiger partial charge on any atom is 0.341 e. The van der Waals surface area contributed by atoms with E-state index in [1.807, 2.05) is 31.2 Å². The molecule has 1 aliphatic heterocycles. The van der Waals surface area contributed by atoms with Gasteiger partial charge in [-0.05, 0) is 24.5 Å². The zero-order chi connectivity index (χ0) is 19.6. The molecule has 1 aliphatic rings. The lowest BCUT2D eigenvalue weighted by Crippen LogP contribution is -2.33. The third-order valence-electron chi connectivity index (χ3n) is 4.63. The smallest absolute Gasteiger partial charge is 0.341 e. The molecule has 0 atom stereocenters. The van der Waals surface area contributed by atoms with Crippen molar-refractivity contribution in [1.29, 1.82) is 0 Å². The number of carbonyl (C=O) groups is 3. The standard InChI is InChI=1S/C20H22N2O4S/c1-12-4-6-14(7-5-12)10-17(24)21-19-18(20(25)26-3)15-8-9-22(13(2)23)11-16(15)27-19/h4-7H,8-11H2,1-3H3,(H,21,24). The molecule has 2 aromatic rings. The molecule has 0 bridgehead atoms. The lowest BCUT2D eigenvalue weighted by atomic mass is 10.0. The van der Waals surface area contributed by atoms with Gasteiger partial charge in [-0.25, -0.2) is 4.79 Å². The Morgan fingerprint density at radius 1 is 1.22 bits per heavy atom. The number of esters is 1. The summed E-state index contributed by atoms with van der Waals surface area (Å²) in [6.07, 6.45) is 0.798. The minimum absolute atomic E-state index is 0.00127. The van der Waals surface area contributed by atoms with E-state index in [-0.39, 0.29) is 18.2 Å². The van der Waals surface area contributed by atoms with Crippen molar-refractivity contribution in [3.05, 3.63) is 51.4 Å². The van der Waals surface area contributed by atoms with Gasteiger partial charge in [-0.2, -0.15) is 0 Å². The molecule has 0 saturated carbocycles. The molecule has 0 fully saturated rings. The van der Waals surface area contributed by atoms with Crippen molar-refractivity contribution in [1.82, 2.24) is 4.90 Å². The Balaban J connectivity index is 1.83. The van der Waals surface area contributed by atoms with Crippen molar-refractivity contribution < 1.29 is 19.1 Å². The molecule has 2 amide bonds. The first kappa shape index (κ1) is 19.1. The van der Waals surface area contributed by atoms with Gasteiger partial charge in [0.15, 0.2) is 0 Å². The van der Waals surface area contributed by atoms with Gasteiger partial charge in [-0.15, -0.1) is 11.3 Å². The fraction of sp³-hybridized carbons (Fsp3) is 0.350. The van der Waals surface area contributed by atoms with E-state index >= 15 is 0 Å². The molecule has 0 spiro atoms. The number of fused-ring (bicyclic) bond motifs is 1. The second kappa shape index (κ2) is 7.92. The molecule has 0 radical (unpaired) electrons. The molecule has 27 heavy (non-hydrogen) atoms. The van der Waals surface area contributed by atoms with E-state index in [9.17, 15) is 14.4 Å². The summed E-state index contributed by atoms with van der Waals surface area (Å²) in [5.41, 5.74) is 3.32. The number of aryl methyl sites for hydroxylation is 1. The third-order valence-corrected chi connectivity index (χ3v) is 5.76. The van der Waals surface area contributed by atoms with Crippen LogP contribution in [0.25, 0.3) is 0 Å². The highest BCUT2D eigenvalue weighted by Crippen LogP contribution is 2.37. The molecule has 6 nitrogen and oxygen atoms in total.